The van der Waals surface area contributed by atoms with E-state index in [1.165, 1.54) is 31.4 Å². The van der Waals surface area contributed by atoms with Gasteiger partial charge in [-0.05, 0) is 73.5 Å². The number of hydrogen-bond acceptors (Lipinski definition) is 1. The third kappa shape index (κ3) is 2.48. The first-order valence-corrected chi connectivity index (χ1v) is 8.85. The fourth-order valence-corrected chi connectivity index (χ4v) is 6.72. The molecule has 124 valence electrons. The van der Waals surface area contributed by atoms with Crippen LogP contribution in [-0.4, -0.2) is 5.91 Å². The molecule has 1 aromatic carbocycles. The number of carbonyl (C=O) groups excluding carboxylic acids is 1. The highest BCUT2D eigenvalue weighted by atomic mass is 35.5. The maximum Gasteiger partial charge on any atom is 0.230 e. The highest BCUT2D eigenvalue weighted by molar-refractivity contribution is 6.31. The van der Waals surface area contributed by atoms with Crippen LogP contribution in [0.25, 0.3) is 0 Å². The molecular weight excluding hydrogens is 313 g/mol. The molecule has 5 rings (SSSR count). The molecule has 4 aliphatic carbocycles. The Morgan fingerprint density at radius 3 is 2.39 bits per heavy atom. The number of amides is 1. The summed E-state index contributed by atoms with van der Waals surface area (Å²) in [7, 11) is 0. The monoisotopic (exact) mass is 335 g/mol. The molecule has 4 aliphatic rings. The minimum Gasteiger partial charge on any atom is -0.326 e. The molecule has 4 saturated carbocycles. The molecule has 0 saturated heterocycles. The number of hydrogen-bond donors (Lipinski definition) is 1. The summed E-state index contributed by atoms with van der Waals surface area (Å²) in [5.74, 6) is 0.310. The van der Waals surface area contributed by atoms with Crippen molar-refractivity contribution >= 4 is 23.2 Å². The Labute approximate surface area is 141 Å². The molecule has 0 aromatic heterocycles. The lowest BCUT2D eigenvalue weighted by Crippen LogP contribution is -2.58. The Bertz CT molecular complexity index is 670. The van der Waals surface area contributed by atoms with Gasteiger partial charge >= 0.3 is 0 Å². The first-order chi connectivity index (χ1) is 10.7. The van der Waals surface area contributed by atoms with Gasteiger partial charge in [-0.3, -0.25) is 4.79 Å². The van der Waals surface area contributed by atoms with Crippen LogP contribution >= 0.6 is 11.6 Å². The Morgan fingerprint density at radius 2 is 1.83 bits per heavy atom. The largest absolute Gasteiger partial charge is 0.326 e. The van der Waals surface area contributed by atoms with E-state index in [1.54, 1.807) is 6.07 Å². The summed E-state index contributed by atoms with van der Waals surface area (Å²) in [5, 5.41) is 3.06. The summed E-state index contributed by atoms with van der Waals surface area (Å²) >= 11 is 5.83. The zero-order valence-corrected chi connectivity index (χ0v) is 14.5. The van der Waals surface area contributed by atoms with Crippen molar-refractivity contribution in [2.45, 2.75) is 52.4 Å². The smallest absolute Gasteiger partial charge is 0.230 e. The fraction of sp³-hybridized carbons (Fsp3) is 0.632. The van der Waals surface area contributed by atoms with E-state index in [0.717, 1.165) is 19.3 Å². The van der Waals surface area contributed by atoms with Gasteiger partial charge in [0.15, 0.2) is 0 Å². The molecule has 0 unspecified atom stereocenters. The standard InChI is InChI=1S/C19H23ClFNO/c1-17-6-12-7-18(2,9-17)11-19(8-12,10-17)16(23)22-13-3-4-15(21)14(20)5-13/h3-5,12H,6-11H2,1-2H3,(H,22,23)/t12?,17-,18-,19?/m1/s1. The third-order valence-corrected chi connectivity index (χ3v) is 6.58. The molecule has 0 spiro atoms. The van der Waals surface area contributed by atoms with E-state index in [-0.39, 0.29) is 16.3 Å². The quantitative estimate of drug-likeness (QED) is 0.768. The van der Waals surface area contributed by atoms with Gasteiger partial charge in [-0.25, -0.2) is 4.39 Å². The molecule has 0 heterocycles. The van der Waals surface area contributed by atoms with Crippen LogP contribution in [-0.2, 0) is 4.79 Å². The van der Waals surface area contributed by atoms with Crippen molar-refractivity contribution in [3.05, 3.63) is 29.0 Å². The van der Waals surface area contributed by atoms with E-state index in [4.69, 9.17) is 11.6 Å². The third-order valence-electron chi connectivity index (χ3n) is 6.29. The Balaban J connectivity index is 1.61. The number of carbonyl (C=O) groups is 1. The van der Waals surface area contributed by atoms with Gasteiger partial charge in [0, 0.05) is 5.69 Å². The minimum absolute atomic E-state index is 0.0484. The first-order valence-electron chi connectivity index (χ1n) is 8.48. The van der Waals surface area contributed by atoms with Crippen molar-refractivity contribution in [3.63, 3.8) is 0 Å². The van der Waals surface area contributed by atoms with Crippen LogP contribution in [0.5, 0.6) is 0 Å². The van der Waals surface area contributed by atoms with Crippen LogP contribution < -0.4 is 5.32 Å². The second-order valence-corrected chi connectivity index (χ2v) is 9.40. The molecular formula is C19H23ClFNO. The van der Waals surface area contributed by atoms with Crippen LogP contribution in [0.2, 0.25) is 5.02 Å². The Kier molecular flexibility index (Phi) is 3.17. The Morgan fingerprint density at radius 1 is 1.17 bits per heavy atom. The van der Waals surface area contributed by atoms with E-state index in [1.807, 2.05) is 0 Å². The summed E-state index contributed by atoms with van der Waals surface area (Å²) < 4.78 is 13.3. The predicted octanol–water partition coefficient (Wildman–Crippen LogP) is 5.41. The molecule has 2 atom stereocenters. The van der Waals surface area contributed by atoms with Crippen LogP contribution in [0, 0.1) is 28.0 Å². The van der Waals surface area contributed by atoms with E-state index < -0.39 is 5.82 Å². The molecule has 0 aliphatic heterocycles. The van der Waals surface area contributed by atoms with Gasteiger partial charge < -0.3 is 5.32 Å². The zero-order valence-electron chi connectivity index (χ0n) is 13.7. The van der Waals surface area contributed by atoms with Gasteiger partial charge in [0.2, 0.25) is 5.91 Å². The topological polar surface area (TPSA) is 29.1 Å². The highest BCUT2D eigenvalue weighted by Crippen LogP contribution is 2.69. The molecule has 1 N–H and O–H groups in total. The fourth-order valence-electron chi connectivity index (χ4n) is 6.54. The maximum atomic E-state index is 13.3. The molecule has 0 radical (unpaired) electrons. The van der Waals surface area contributed by atoms with Gasteiger partial charge in [0.05, 0.1) is 10.4 Å². The molecule has 4 bridgehead atoms. The lowest BCUT2D eigenvalue weighted by Gasteiger charge is -2.64. The minimum atomic E-state index is -0.459. The van der Waals surface area contributed by atoms with Crippen molar-refractivity contribution < 1.29 is 9.18 Å². The SMILES string of the molecule is C[C@]12CC3CC(C(=O)Nc4ccc(F)c(Cl)c4)(C1)C[C@](C)(C3)C2. The number of benzene rings is 1. The summed E-state index contributed by atoms with van der Waals surface area (Å²) in [5.41, 5.74) is 0.925. The highest BCUT2D eigenvalue weighted by Gasteiger charge is 2.62. The summed E-state index contributed by atoms with van der Waals surface area (Å²) in [6, 6.07) is 4.39. The van der Waals surface area contributed by atoms with Crippen LogP contribution in [0.4, 0.5) is 10.1 Å². The van der Waals surface area contributed by atoms with Crippen LogP contribution in [0.15, 0.2) is 18.2 Å². The van der Waals surface area contributed by atoms with Gasteiger partial charge in [0.1, 0.15) is 5.82 Å². The van der Waals surface area contributed by atoms with Crippen molar-refractivity contribution in [3.8, 4) is 0 Å². The van der Waals surface area contributed by atoms with Crippen LogP contribution in [0.3, 0.4) is 0 Å². The number of nitrogens with one attached hydrogen (secondary N) is 1. The van der Waals surface area contributed by atoms with Crippen molar-refractivity contribution in [2.24, 2.45) is 22.2 Å². The summed E-state index contributed by atoms with van der Waals surface area (Å²) in [6.45, 7) is 4.71. The number of rotatable bonds is 2. The van der Waals surface area contributed by atoms with Gasteiger partial charge in [-0.2, -0.15) is 0 Å². The molecule has 23 heavy (non-hydrogen) atoms. The van der Waals surface area contributed by atoms with Crippen molar-refractivity contribution in [1.82, 2.24) is 0 Å². The number of anilines is 1. The average Bonchev–Trinajstić information content (AvgIpc) is 2.39. The first kappa shape index (κ1) is 15.4. The van der Waals surface area contributed by atoms with Gasteiger partial charge in [-0.15, -0.1) is 0 Å². The van der Waals surface area contributed by atoms with Gasteiger partial charge in [-0.1, -0.05) is 25.4 Å². The summed E-state index contributed by atoms with van der Waals surface area (Å²) in [6.07, 6.45) is 6.73. The van der Waals surface area contributed by atoms with E-state index in [2.05, 4.69) is 19.2 Å². The van der Waals surface area contributed by atoms with Crippen molar-refractivity contribution in [1.29, 1.82) is 0 Å². The lowest BCUT2D eigenvalue weighted by molar-refractivity contribution is -0.165. The van der Waals surface area contributed by atoms with E-state index in [0.29, 0.717) is 22.4 Å². The normalized spacial score (nSPS) is 41.1. The lowest BCUT2D eigenvalue weighted by atomic mass is 9.40. The molecule has 2 nitrogen and oxygen atoms in total. The summed E-state index contributed by atoms with van der Waals surface area (Å²) in [4.78, 5) is 13.1. The second kappa shape index (κ2) is 4.72. The zero-order chi connectivity index (χ0) is 16.5. The molecule has 1 amide bonds. The maximum absolute atomic E-state index is 13.3. The van der Waals surface area contributed by atoms with E-state index >= 15 is 0 Å². The second-order valence-electron chi connectivity index (χ2n) is 8.99. The Hall–Kier alpha value is -1.09. The molecule has 4 fully saturated rings. The van der Waals surface area contributed by atoms with Gasteiger partial charge in [0.25, 0.3) is 0 Å². The average molecular weight is 336 g/mol. The van der Waals surface area contributed by atoms with Crippen LogP contribution in [0.1, 0.15) is 52.4 Å². The molecule has 4 heteroatoms. The number of halogens is 2. The molecule has 1 aromatic rings. The van der Waals surface area contributed by atoms with E-state index in [9.17, 15) is 9.18 Å². The predicted molar refractivity (Wildman–Crippen MR) is 89.9 cm³/mol. The van der Waals surface area contributed by atoms with Crippen molar-refractivity contribution in [2.75, 3.05) is 5.32 Å².